The van der Waals surface area contributed by atoms with Crippen molar-refractivity contribution in [3.63, 3.8) is 0 Å². The second-order valence-electron chi connectivity index (χ2n) is 6.13. The van der Waals surface area contributed by atoms with Crippen molar-refractivity contribution in [3.8, 4) is 0 Å². The first kappa shape index (κ1) is 15.0. The SMILES string of the molecule is Brc1ccc(CN2CCNCC23CCCCC3)cc1Br. The molecule has 0 radical (unpaired) electrons. The van der Waals surface area contributed by atoms with E-state index in [4.69, 9.17) is 0 Å². The Kier molecular flexibility index (Phi) is 4.86. The highest BCUT2D eigenvalue weighted by Gasteiger charge is 2.39. The van der Waals surface area contributed by atoms with Gasteiger partial charge in [0.05, 0.1) is 0 Å². The Bertz CT molecular complexity index is 461. The molecule has 20 heavy (non-hydrogen) atoms. The highest BCUT2D eigenvalue weighted by Crippen LogP contribution is 2.36. The van der Waals surface area contributed by atoms with Crippen LogP contribution in [0.5, 0.6) is 0 Å². The Hall–Kier alpha value is 0.1000. The zero-order valence-electron chi connectivity index (χ0n) is 11.8. The largest absolute Gasteiger partial charge is 0.314 e. The minimum absolute atomic E-state index is 0.413. The Morgan fingerprint density at radius 2 is 1.90 bits per heavy atom. The fourth-order valence-corrected chi connectivity index (χ4v) is 4.36. The Balaban J connectivity index is 1.77. The van der Waals surface area contributed by atoms with Crippen LogP contribution in [0.1, 0.15) is 37.7 Å². The van der Waals surface area contributed by atoms with E-state index in [1.54, 1.807) is 0 Å². The number of piperazine rings is 1. The lowest BCUT2D eigenvalue weighted by Crippen LogP contribution is -2.61. The van der Waals surface area contributed by atoms with Gasteiger partial charge in [0.1, 0.15) is 0 Å². The first-order chi connectivity index (χ1) is 9.70. The number of halogens is 2. The van der Waals surface area contributed by atoms with E-state index in [2.05, 4.69) is 60.3 Å². The summed E-state index contributed by atoms with van der Waals surface area (Å²) in [5, 5.41) is 3.62. The van der Waals surface area contributed by atoms with Gasteiger partial charge in [-0.2, -0.15) is 0 Å². The lowest BCUT2D eigenvalue weighted by molar-refractivity contribution is 0.0209. The van der Waals surface area contributed by atoms with Crippen molar-refractivity contribution in [3.05, 3.63) is 32.7 Å². The normalized spacial score (nSPS) is 23.1. The van der Waals surface area contributed by atoms with Crippen molar-refractivity contribution >= 4 is 31.9 Å². The number of hydrogen-bond donors (Lipinski definition) is 1. The maximum absolute atomic E-state index is 3.62. The molecular formula is C16H22Br2N2. The number of nitrogens with one attached hydrogen (secondary N) is 1. The average molecular weight is 402 g/mol. The quantitative estimate of drug-likeness (QED) is 0.793. The molecule has 2 aliphatic rings. The Morgan fingerprint density at radius 1 is 1.10 bits per heavy atom. The van der Waals surface area contributed by atoms with Crippen LogP contribution < -0.4 is 5.32 Å². The van der Waals surface area contributed by atoms with Gasteiger partial charge in [0.25, 0.3) is 0 Å². The van der Waals surface area contributed by atoms with Gasteiger partial charge in [-0.3, -0.25) is 4.90 Å². The van der Waals surface area contributed by atoms with Crippen LogP contribution in [0.3, 0.4) is 0 Å². The molecule has 1 saturated carbocycles. The van der Waals surface area contributed by atoms with Crippen LogP contribution in [0, 0.1) is 0 Å². The molecule has 0 unspecified atom stereocenters. The summed E-state index contributed by atoms with van der Waals surface area (Å²) in [5.74, 6) is 0. The predicted molar refractivity (Wildman–Crippen MR) is 90.9 cm³/mol. The minimum Gasteiger partial charge on any atom is -0.314 e. The summed E-state index contributed by atoms with van der Waals surface area (Å²) >= 11 is 7.17. The average Bonchev–Trinajstić information content (AvgIpc) is 2.47. The van der Waals surface area contributed by atoms with Gasteiger partial charge in [-0.05, 0) is 62.4 Å². The summed E-state index contributed by atoms with van der Waals surface area (Å²) in [6, 6.07) is 6.64. The first-order valence-electron chi connectivity index (χ1n) is 7.59. The third-order valence-electron chi connectivity index (χ3n) is 4.83. The molecule has 2 fully saturated rings. The van der Waals surface area contributed by atoms with Crippen LogP contribution in [0.4, 0.5) is 0 Å². The second kappa shape index (κ2) is 6.47. The van der Waals surface area contributed by atoms with Crippen molar-refractivity contribution in [2.24, 2.45) is 0 Å². The first-order valence-corrected chi connectivity index (χ1v) is 9.18. The van der Waals surface area contributed by atoms with Gasteiger partial charge in [0.2, 0.25) is 0 Å². The summed E-state index contributed by atoms with van der Waals surface area (Å²) < 4.78 is 2.29. The molecule has 0 aromatic heterocycles. The molecule has 2 nitrogen and oxygen atoms in total. The highest BCUT2D eigenvalue weighted by atomic mass is 79.9. The van der Waals surface area contributed by atoms with Gasteiger partial charge in [-0.25, -0.2) is 0 Å². The van der Waals surface area contributed by atoms with E-state index in [1.165, 1.54) is 50.8 Å². The fraction of sp³-hybridized carbons (Fsp3) is 0.625. The summed E-state index contributed by atoms with van der Waals surface area (Å²) in [6.45, 7) is 4.55. The molecule has 0 amide bonds. The topological polar surface area (TPSA) is 15.3 Å². The van der Waals surface area contributed by atoms with Gasteiger partial charge >= 0.3 is 0 Å². The van der Waals surface area contributed by atoms with Crippen LogP contribution in [0.2, 0.25) is 0 Å². The van der Waals surface area contributed by atoms with E-state index in [9.17, 15) is 0 Å². The lowest BCUT2D eigenvalue weighted by atomic mass is 9.79. The monoisotopic (exact) mass is 400 g/mol. The van der Waals surface area contributed by atoms with Gasteiger partial charge in [-0.15, -0.1) is 0 Å². The molecule has 1 N–H and O–H groups in total. The van der Waals surface area contributed by atoms with Crippen LogP contribution in [0.25, 0.3) is 0 Å². The molecule has 1 aromatic carbocycles. The van der Waals surface area contributed by atoms with Crippen molar-refractivity contribution in [1.29, 1.82) is 0 Å². The molecule has 1 aromatic rings. The molecule has 1 heterocycles. The van der Waals surface area contributed by atoms with Gasteiger partial charge < -0.3 is 5.32 Å². The van der Waals surface area contributed by atoms with Crippen molar-refractivity contribution < 1.29 is 0 Å². The molecule has 4 heteroatoms. The predicted octanol–water partition coefficient (Wildman–Crippen LogP) is 4.32. The molecule has 110 valence electrons. The fourth-order valence-electron chi connectivity index (χ4n) is 3.69. The minimum atomic E-state index is 0.413. The van der Waals surface area contributed by atoms with E-state index in [-0.39, 0.29) is 0 Å². The molecule has 1 spiro atoms. The van der Waals surface area contributed by atoms with Gasteiger partial charge in [0.15, 0.2) is 0 Å². The lowest BCUT2D eigenvalue weighted by Gasteiger charge is -2.50. The van der Waals surface area contributed by atoms with Crippen molar-refractivity contribution in [2.45, 2.75) is 44.2 Å². The maximum Gasteiger partial charge on any atom is 0.0338 e. The van der Waals surface area contributed by atoms with Gasteiger partial charge in [-0.1, -0.05) is 25.3 Å². The molecule has 0 bridgehead atoms. The van der Waals surface area contributed by atoms with Crippen LogP contribution in [-0.4, -0.2) is 30.1 Å². The smallest absolute Gasteiger partial charge is 0.0338 e. The van der Waals surface area contributed by atoms with Gasteiger partial charge in [0, 0.05) is 40.7 Å². The summed E-state index contributed by atoms with van der Waals surface area (Å²) in [6.07, 6.45) is 6.92. The zero-order chi connectivity index (χ0) is 14.0. The van der Waals surface area contributed by atoms with Crippen molar-refractivity contribution in [2.75, 3.05) is 19.6 Å². The Labute approximate surface area is 138 Å². The Morgan fingerprint density at radius 3 is 2.65 bits per heavy atom. The molecule has 1 aliphatic carbocycles. The van der Waals surface area contributed by atoms with E-state index in [1.807, 2.05) is 0 Å². The standard InChI is InChI=1S/C16H22Br2N2/c17-14-5-4-13(10-15(14)18)11-20-9-8-19-12-16(20)6-2-1-3-7-16/h4-5,10,19H,1-3,6-9,11-12H2. The number of rotatable bonds is 2. The zero-order valence-corrected chi connectivity index (χ0v) is 15.0. The number of hydrogen-bond acceptors (Lipinski definition) is 2. The highest BCUT2D eigenvalue weighted by molar-refractivity contribution is 9.13. The molecule has 1 aliphatic heterocycles. The third-order valence-corrected chi connectivity index (χ3v) is 6.70. The number of nitrogens with zero attached hydrogens (tertiary/aromatic N) is 1. The van der Waals surface area contributed by atoms with Crippen LogP contribution in [0.15, 0.2) is 27.1 Å². The molecule has 3 rings (SSSR count). The second-order valence-corrected chi connectivity index (χ2v) is 7.84. The third kappa shape index (κ3) is 3.13. The van der Waals surface area contributed by atoms with E-state index >= 15 is 0 Å². The summed E-state index contributed by atoms with van der Waals surface area (Å²) in [5.41, 5.74) is 1.82. The van der Waals surface area contributed by atoms with E-state index in [0.29, 0.717) is 5.54 Å². The maximum atomic E-state index is 3.62. The van der Waals surface area contributed by atoms with E-state index in [0.717, 1.165) is 22.0 Å². The number of benzene rings is 1. The van der Waals surface area contributed by atoms with E-state index < -0.39 is 0 Å². The molecular weight excluding hydrogens is 380 g/mol. The van der Waals surface area contributed by atoms with Crippen LogP contribution in [-0.2, 0) is 6.54 Å². The van der Waals surface area contributed by atoms with Crippen LogP contribution >= 0.6 is 31.9 Å². The van der Waals surface area contributed by atoms with Crippen molar-refractivity contribution in [1.82, 2.24) is 10.2 Å². The molecule has 1 saturated heterocycles. The summed E-state index contributed by atoms with van der Waals surface area (Å²) in [7, 11) is 0. The summed E-state index contributed by atoms with van der Waals surface area (Å²) in [4.78, 5) is 2.73. The molecule has 0 atom stereocenters.